The summed E-state index contributed by atoms with van der Waals surface area (Å²) in [6, 6.07) is 0. The molecule has 0 aromatic rings. The van der Waals surface area contributed by atoms with Crippen LogP contribution in [0, 0.1) is 5.92 Å². The van der Waals surface area contributed by atoms with Crippen LogP contribution >= 0.6 is 0 Å². The molecule has 0 bridgehead atoms. The van der Waals surface area contributed by atoms with Gasteiger partial charge in [0.2, 0.25) is 0 Å². The van der Waals surface area contributed by atoms with E-state index in [0.29, 0.717) is 0 Å². The highest BCUT2D eigenvalue weighted by Crippen LogP contribution is 2.30. The number of hydrogen-bond donors (Lipinski definition) is 0. The second-order valence-corrected chi connectivity index (χ2v) is 2.99. The Bertz CT molecular complexity index is 276. The molecular weight excluding hydrogens is 180 g/mol. The van der Waals surface area contributed by atoms with Crippen molar-refractivity contribution >= 4 is 0 Å². The first-order chi connectivity index (χ1) is 6.76. The summed E-state index contributed by atoms with van der Waals surface area (Å²) < 4.78 is 15.6. The molecule has 0 heterocycles. The summed E-state index contributed by atoms with van der Waals surface area (Å²) in [5, 5.41) is 0. The Hall–Kier alpha value is -1.38. The molecule has 3 heteroatoms. The van der Waals surface area contributed by atoms with Crippen molar-refractivity contribution in [1.29, 1.82) is 0 Å². The standard InChI is InChI=1S/C11H16O3/c1-5-8-6-10(13-3)11(14-4)7-9(8)12-2/h5,7-8H,1,6H2,2-4H3. The minimum Gasteiger partial charge on any atom is -0.500 e. The normalized spacial score (nSPS) is 21.4. The van der Waals surface area contributed by atoms with Crippen molar-refractivity contribution in [2.75, 3.05) is 21.3 Å². The van der Waals surface area contributed by atoms with Crippen LogP contribution in [0.25, 0.3) is 0 Å². The highest BCUT2D eigenvalue weighted by atomic mass is 16.5. The summed E-state index contributed by atoms with van der Waals surface area (Å²) >= 11 is 0. The van der Waals surface area contributed by atoms with Crippen molar-refractivity contribution < 1.29 is 14.2 Å². The fourth-order valence-electron chi connectivity index (χ4n) is 1.48. The van der Waals surface area contributed by atoms with E-state index in [1.165, 1.54) is 0 Å². The lowest BCUT2D eigenvalue weighted by Crippen LogP contribution is -2.12. The SMILES string of the molecule is C=CC1CC(OC)=C(OC)C=C1OC. The van der Waals surface area contributed by atoms with E-state index in [4.69, 9.17) is 14.2 Å². The molecule has 1 atom stereocenters. The molecule has 1 rings (SSSR count). The van der Waals surface area contributed by atoms with Crippen LogP contribution in [0.5, 0.6) is 0 Å². The molecule has 0 radical (unpaired) electrons. The Labute approximate surface area is 84.7 Å². The fourth-order valence-corrected chi connectivity index (χ4v) is 1.48. The van der Waals surface area contributed by atoms with E-state index in [9.17, 15) is 0 Å². The zero-order chi connectivity index (χ0) is 10.6. The Balaban J connectivity index is 2.98. The van der Waals surface area contributed by atoms with Crippen LogP contribution in [0.3, 0.4) is 0 Å². The van der Waals surface area contributed by atoms with E-state index in [-0.39, 0.29) is 5.92 Å². The van der Waals surface area contributed by atoms with Gasteiger partial charge in [0.1, 0.15) is 11.5 Å². The van der Waals surface area contributed by atoms with E-state index in [1.807, 2.05) is 12.2 Å². The van der Waals surface area contributed by atoms with Crippen molar-refractivity contribution in [3.63, 3.8) is 0 Å². The molecule has 14 heavy (non-hydrogen) atoms. The van der Waals surface area contributed by atoms with Gasteiger partial charge in [0.15, 0.2) is 5.76 Å². The molecule has 0 spiro atoms. The third-order valence-electron chi connectivity index (χ3n) is 2.31. The highest BCUT2D eigenvalue weighted by Gasteiger charge is 2.23. The van der Waals surface area contributed by atoms with E-state index in [0.717, 1.165) is 23.7 Å². The van der Waals surface area contributed by atoms with Gasteiger partial charge in [-0.2, -0.15) is 0 Å². The molecule has 0 fully saturated rings. The number of allylic oxidation sites excluding steroid dienone is 3. The lowest BCUT2D eigenvalue weighted by molar-refractivity contribution is 0.185. The van der Waals surface area contributed by atoms with Crippen LogP contribution in [-0.4, -0.2) is 21.3 Å². The molecule has 0 aliphatic heterocycles. The second-order valence-electron chi connectivity index (χ2n) is 2.99. The number of ether oxygens (including phenoxy) is 3. The smallest absolute Gasteiger partial charge is 0.159 e. The van der Waals surface area contributed by atoms with Gasteiger partial charge in [0.05, 0.1) is 21.3 Å². The van der Waals surface area contributed by atoms with Gasteiger partial charge in [-0.25, -0.2) is 0 Å². The topological polar surface area (TPSA) is 27.7 Å². The van der Waals surface area contributed by atoms with Gasteiger partial charge >= 0.3 is 0 Å². The number of hydrogen-bond acceptors (Lipinski definition) is 3. The Kier molecular flexibility index (Phi) is 3.63. The van der Waals surface area contributed by atoms with Crippen LogP contribution in [0.4, 0.5) is 0 Å². The summed E-state index contributed by atoms with van der Waals surface area (Å²) in [5.74, 6) is 2.59. The van der Waals surface area contributed by atoms with Gasteiger partial charge in [-0.05, 0) is 0 Å². The first-order valence-corrected chi connectivity index (χ1v) is 4.46. The molecule has 1 aliphatic rings. The summed E-state index contributed by atoms with van der Waals surface area (Å²) in [4.78, 5) is 0. The van der Waals surface area contributed by atoms with Crippen molar-refractivity contribution in [3.8, 4) is 0 Å². The van der Waals surface area contributed by atoms with E-state index in [1.54, 1.807) is 21.3 Å². The quantitative estimate of drug-likeness (QED) is 0.645. The molecule has 1 unspecified atom stereocenters. The summed E-state index contributed by atoms with van der Waals surface area (Å²) in [6.45, 7) is 3.76. The van der Waals surface area contributed by atoms with E-state index < -0.39 is 0 Å². The maximum Gasteiger partial charge on any atom is 0.159 e. The maximum absolute atomic E-state index is 5.24. The molecule has 0 saturated heterocycles. The summed E-state index contributed by atoms with van der Waals surface area (Å²) in [5.41, 5.74) is 0. The van der Waals surface area contributed by atoms with Gasteiger partial charge in [-0.1, -0.05) is 6.08 Å². The van der Waals surface area contributed by atoms with Crippen molar-refractivity contribution in [1.82, 2.24) is 0 Å². The number of rotatable bonds is 4. The molecule has 0 amide bonds. The minimum absolute atomic E-state index is 0.175. The van der Waals surface area contributed by atoms with Gasteiger partial charge in [-0.3, -0.25) is 0 Å². The molecule has 0 saturated carbocycles. The zero-order valence-electron chi connectivity index (χ0n) is 8.87. The summed E-state index contributed by atoms with van der Waals surface area (Å²) in [6.07, 6.45) is 4.43. The first kappa shape index (κ1) is 10.7. The predicted octanol–water partition coefficient (Wildman–Crippen LogP) is 2.23. The van der Waals surface area contributed by atoms with Crippen LogP contribution in [0.15, 0.2) is 36.0 Å². The van der Waals surface area contributed by atoms with Gasteiger partial charge in [-0.15, -0.1) is 6.58 Å². The minimum atomic E-state index is 0.175. The molecule has 78 valence electrons. The molecular formula is C11H16O3. The average Bonchev–Trinajstić information content (AvgIpc) is 2.26. The number of methoxy groups -OCH3 is 3. The van der Waals surface area contributed by atoms with Crippen LogP contribution in [0.2, 0.25) is 0 Å². The van der Waals surface area contributed by atoms with Crippen LogP contribution in [-0.2, 0) is 14.2 Å². The van der Waals surface area contributed by atoms with Crippen molar-refractivity contribution in [2.45, 2.75) is 6.42 Å². The van der Waals surface area contributed by atoms with Gasteiger partial charge in [0, 0.05) is 18.4 Å². The Morgan fingerprint density at radius 3 is 2.43 bits per heavy atom. The van der Waals surface area contributed by atoms with Gasteiger partial charge in [0.25, 0.3) is 0 Å². The third-order valence-corrected chi connectivity index (χ3v) is 2.31. The lowest BCUT2D eigenvalue weighted by atomic mass is 9.96. The Morgan fingerprint density at radius 2 is 2.00 bits per heavy atom. The predicted molar refractivity (Wildman–Crippen MR) is 54.4 cm³/mol. The van der Waals surface area contributed by atoms with Crippen molar-refractivity contribution in [3.05, 3.63) is 36.0 Å². The first-order valence-electron chi connectivity index (χ1n) is 4.46. The third kappa shape index (κ3) is 1.92. The largest absolute Gasteiger partial charge is 0.500 e. The average molecular weight is 196 g/mol. The van der Waals surface area contributed by atoms with Crippen LogP contribution < -0.4 is 0 Å². The fraction of sp³-hybridized carbons (Fsp3) is 0.455. The van der Waals surface area contributed by atoms with Gasteiger partial charge < -0.3 is 14.2 Å². The molecule has 1 aliphatic carbocycles. The maximum atomic E-state index is 5.24. The van der Waals surface area contributed by atoms with Crippen molar-refractivity contribution in [2.24, 2.45) is 5.92 Å². The second kappa shape index (κ2) is 4.74. The molecule has 0 aromatic heterocycles. The molecule has 3 nitrogen and oxygen atoms in total. The Morgan fingerprint density at radius 1 is 1.29 bits per heavy atom. The monoisotopic (exact) mass is 196 g/mol. The van der Waals surface area contributed by atoms with E-state index >= 15 is 0 Å². The highest BCUT2D eigenvalue weighted by molar-refractivity contribution is 5.28. The molecule has 0 N–H and O–H groups in total. The summed E-state index contributed by atoms with van der Waals surface area (Å²) in [7, 11) is 4.90. The zero-order valence-corrected chi connectivity index (χ0v) is 8.87. The van der Waals surface area contributed by atoms with E-state index in [2.05, 4.69) is 6.58 Å². The van der Waals surface area contributed by atoms with Crippen LogP contribution in [0.1, 0.15) is 6.42 Å². The lowest BCUT2D eigenvalue weighted by Gasteiger charge is -2.23. The molecule has 0 aromatic carbocycles.